The van der Waals surface area contributed by atoms with Gasteiger partial charge in [0.15, 0.2) is 0 Å². The Kier molecular flexibility index (Phi) is 2.36. The molecule has 0 amide bonds. The maximum absolute atomic E-state index is 12.6. The zero-order valence-corrected chi connectivity index (χ0v) is 7.78. The van der Waals surface area contributed by atoms with Gasteiger partial charge in [-0.05, 0) is 34.7 Å². The maximum atomic E-state index is 12.6. The monoisotopic (exact) mass is 271 g/mol. The molecule has 0 aliphatic carbocycles. The van der Waals surface area contributed by atoms with Gasteiger partial charge < -0.3 is 5.73 Å². The zero-order chi connectivity index (χ0) is 7.72. The summed E-state index contributed by atoms with van der Waals surface area (Å²) in [5.41, 5.74) is 5.94. The molecule has 0 aliphatic heterocycles. The number of anilines is 1. The van der Waals surface area contributed by atoms with E-state index in [1.807, 2.05) is 22.6 Å². The van der Waals surface area contributed by atoms with E-state index >= 15 is 0 Å². The van der Waals surface area contributed by atoms with Gasteiger partial charge in [-0.15, -0.1) is 0 Å². The van der Waals surface area contributed by atoms with Crippen molar-refractivity contribution in [2.45, 2.75) is 0 Å². The molecule has 0 saturated heterocycles. The zero-order valence-electron chi connectivity index (χ0n) is 4.87. The van der Waals surface area contributed by atoms with E-state index in [1.54, 1.807) is 0 Å². The summed E-state index contributed by atoms with van der Waals surface area (Å²) in [6, 6.07) is 2.71. The molecule has 0 spiro atoms. The van der Waals surface area contributed by atoms with Gasteiger partial charge in [-0.3, -0.25) is 0 Å². The van der Waals surface area contributed by atoms with E-state index in [0.29, 0.717) is 9.26 Å². The number of nitrogens with two attached hydrogens (primary N) is 1. The summed E-state index contributed by atoms with van der Waals surface area (Å²) >= 11 is 7.37. The molecule has 4 heteroatoms. The van der Waals surface area contributed by atoms with Crippen LogP contribution in [0.1, 0.15) is 0 Å². The van der Waals surface area contributed by atoms with Crippen LogP contribution < -0.4 is 5.73 Å². The molecule has 1 nitrogen and oxygen atoms in total. The van der Waals surface area contributed by atoms with Crippen LogP contribution in [0.4, 0.5) is 10.1 Å². The van der Waals surface area contributed by atoms with Crippen molar-refractivity contribution < 1.29 is 4.39 Å². The first-order valence-electron chi connectivity index (χ1n) is 2.51. The number of hydrogen-bond acceptors (Lipinski definition) is 1. The number of benzene rings is 1. The van der Waals surface area contributed by atoms with Crippen LogP contribution in [0.2, 0.25) is 5.02 Å². The van der Waals surface area contributed by atoms with Gasteiger partial charge in [-0.2, -0.15) is 0 Å². The number of hydrogen-bond donors (Lipinski definition) is 1. The summed E-state index contributed by atoms with van der Waals surface area (Å²) in [6.45, 7) is 0. The number of nitrogen functional groups attached to an aromatic ring is 1. The average molecular weight is 271 g/mol. The van der Waals surface area contributed by atoms with Crippen LogP contribution in [0.15, 0.2) is 12.1 Å². The van der Waals surface area contributed by atoms with Crippen LogP contribution in [0.3, 0.4) is 0 Å². The molecule has 0 fully saturated rings. The molecule has 0 saturated carbocycles. The van der Waals surface area contributed by atoms with E-state index in [0.717, 1.165) is 0 Å². The van der Waals surface area contributed by atoms with E-state index < -0.39 is 5.82 Å². The highest BCUT2D eigenvalue weighted by Crippen LogP contribution is 2.22. The summed E-state index contributed by atoms with van der Waals surface area (Å²) < 4.78 is 13.2. The SMILES string of the molecule is Nc1cc(Cl)c(F)cc1I. The molecular formula is C6H4ClFIN. The number of halogens is 3. The lowest BCUT2D eigenvalue weighted by Gasteiger charge is -1.98. The quantitative estimate of drug-likeness (QED) is 0.438. The molecule has 1 aromatic rings. The van der Waals surface area contributed by atoms with Crippen molar-refractivity contribution in [3.63, 3.8) is 0 Å². The van der Waals surface area contributed by atoms with E-state index in [4.69, 9.17) is 17.3 Å². The standard InChI is InChI=1S/C6H4ClFIN/c7-3-1-6(10)5(9)2-4(3)8/h1-2H,10H2. The first-order valence-corrected chi connectivity index (χ1v) is 3.97. The van der Waals surface area contributed by atoms with Crippen molar-refractivity contribution >= 4 is 39.9 Å². The summed E-state index contributed by atoms with van der Waals surface area (Å²) in [5.74, 6) is -0.430. The summed E-state index contributed by atoms with van der Waals surface area (Å²) in [7, 11) is 0. The van der Waals surface area contributed by atoms with Gasteiger partial charge in [0.2, 0.25) is 0 Å². The topological polar surface area (TPSA) is 26.0 Å². The largest absolute Gasteiger partial charge is 0.398 e. The molecule has 0 aromatic heterocycles. The molecule has 0 aliphatic rings. The predicted octanol–water partition coefficient (Wildman–Crippen LogP) is 2.67. The molecule has 1 aromatic carbocycles. The molecule has 2 N–H and O–H groups in total. The van der Waals surface area contributed by atoms with Gasteiger partial charge in [0.25, 0.3) is 0 Å². The lowest BCUT2D eigenvalue weighted by atomic mass is 10.3. The van der Waals surface area contributed by atoms with Crippen LogP contribution in [-0.4, -0.2) is 0 Å². The molecule has 54 valence electrons. The Morgan fingerprint density at radius 1 is 1.50 bits per heavy atom. The smallest absolute Gasteiger partial charge is 0.142 e. The van der Waals surface area contributed by atoms with Gasteiger partial charge in [0, 0.05) is 9.26 Å². The Hall–Kier alpha value is -0.0300. The Labute approximate surface area is 76.5 Å². The highest BCUT2D eigenvalue weighted by atomic mass is 127. The van der Waals surface area contributed by atoms with Gasteiger partial charge in [-0.25, -0.2) is 4.39 Å². The van der Waals surface area contributed by atoms with E-state index in [1.165, 1.54) is 12.1 Å². The first kappa shape index (κ1) is 8.07. The second-order valence-corrected chi connectivity index (χ2v) is 3.36. The molecule has 10 heavy (non-hydrogen) atoms. The van der Waals surface area contributed by atoms with Gasteiger partial charge in [-0.1, -0.05) is 11.6 Å². The van der Waals surface area contributed by atoms with Gasteiger partial charge >= 0.3 is 0 Å². The molecule has 0 bridgehead atoms. The van der Waals surface area contributed by atoms with E-state index in [-0.39, 0.29) is 5.02 Å². The van der Waals surface area contributed by atoms with Gasteiger partial charge in [0.05, 0.1) is 5.02 Å². The van der Waals surface area contributed by atoms with Crippen molar-refractivity contribution in [2.24, 2.45) is 0 Å². The Bertz CT molecular complexity index is 214. The van der Waals surface area contributed by atoms with E-state index in [9.17, 15) is 4.39 Å². The van der Waals surface area contributed by atoms with Crippen LogP contribution in [0.25, 0.3) is 0 Å². The fourth-order valence-electron chi connectivity index (χ4n) is 0.538. The average Bonchev–Trinajstić information content (AvgIpc) is 1.84. The van der Waals surface area contributed by atoms with Crippen molar-refractivity contribution in [2.75, 3.05) is 5.73 Å². The first-order chi connectivity index (χ1) is 4.61. The minimum Gasteiger partial charge on any atom is -0.398 e. The van der Waals surface area contributed by atoms with Crippen molar-refractivity contribution in [3.8, 4) is 0 Å². The third-order valence-corrected chi connectivity index (χ3v) is 2.26. The van der Waals surface area contributed by atoms with Crippen molar-refractivity contribution in [1.29, 1.82) is 0 Å². The normalized spacial score (nSPS) is 9.90. The van der Waals surface area contributed by atoms with E-state index in [2.05, 4.69) is 0 Å². The summed E-state index contributed by atoms with van der Waals surface area (Å²) in [5, 5.41) is 0.0675. The summed E-state index contributed by atoms with van der Waals surface area (Å²) in [6.07, 6.45) is 0. The molecule has 0 radical (unpaired) electrons. The highest BCUT2D eigenvalue weighted by Gasteiger charge is 2.02. The lowest BCUT2D eigenvalue weighted by molar-refractivity contribution is 0.627. The fraction of sp³-hybridized carbons (Fsp3) is 0. The van der Waals surface area contributed by atoms with Crippen LogP contribution in [0, 0.1) is 9.39 Å². The minimum atomic E-state index is -0.430. The Balaban J connectivity index is 3.28. The Morgan fingerprint density at radius 2 is 2.10 bits per heavy atom. The third kappa shape index (κ3) is 1.52. The second-order valence-electron chi connectivity index (χ2n) is 1.79. The molecular weight excluding hydrogens is 267 g/mol. The van der Waals surface area contributed by atoms with Crippen LogP contribution in [0.5, 0.6) is 0 Å². The van der Waals surface area contributed by atoms with Crippen LogP contribution in [-0.2, 0) is 0 Å². The van der Waals surface area contributed by atoms with Crippen molar-refractivity contribution in [3.05, 3.63) is 26.5 Å². The van der Waals surface area contributed by atoms with Crippen LogP contribution >= 0.6 is 34.2 Å². The van der Waals surface area contributed by atoms with Gasteiger partial charge in [0.1, 0.15) is 5.82 Å². The van der Waals surface area contributed by atoms with Crippen molar-refractivity contribution in [1.82, 2.24) is 0 Å². The second kappa shape index (κ2) is 2.92. The summed E-state index contributed by atoms with van der Waals surface area (Å²) in [4.78, 5) is 0. The maximum Gasteiger partial charge on any atom is 0.142 e. The molecule has 1 rings (SSSR count). The third-order valence-electron chi connectivity index (χ3n) is 1.04. The fourth-order valence-corrected chi connectivity index (χ4v) is 1.14. The Morgan fingerprint density at radius 3 is 2.60 bits per heavy atom. The predicted molar refractivity (Wildman–Crippen MR) is 48.5 cm³/mol. The molecule has 0 atom stereocenters. The number of rotatable bonds is 0. The highest BCUT2D eigenvalue weighted by molar-refractivity contribution is 14.1. The minimum absolute atomic E-state index is 0.0675. The lowest BCUT2D eigenvalue weighted by Crippen LogP contribution is -1.90. The molecule has 0 unspecified atom stereocenters. The molecule has 0 heterocycles.